The van der Waals surface area contributed by atoms with Gasteiger partial charge in [-0.1, -0.05) is 0 Å². The molecule has 5 nitrogen and oxygen atoms in total. The number of aliphatic hydroxyl groups is 1. The van der Waals surface area contributed by atoms with Crippen molar-refractivity contribution >= 4 is 5.91 Å². The molecule has 102 valence electrons. The maximum atomic E-state index is 11.6. The van der Waals surface area contributed by atoms with Gasteiger partial charge in [0.1, 0.15) is 0 Å². The highest BCUT2D eigenvalue weighted by Gasteiger charge is 2.15. The van der Waals surface area contributed by atoms with Gasteiger partial charge in [0.25, 0.3) is 0 Å². The van der Waals surface area contributed by atoms with Crippen LogP contribution in [0.3, 0.4) is 0 Å². The summed E-state index contributed by atoms with van der Waals surface area (Å²) in [6.07, 6.45) is 0.402. The smallest absolute Gasteiger partial charge is 0.234 e. The molecule has 0 saturated heterocycles. The van der Waals surface area contributed by atoms with Crippen molar-refractivity contribution in [2.24, 2.45) is 0 Å². The topological polar surface area (TPSA) is 61.8 Å². The summed E-state index contributed by atoms with van der Waals surface area (Å²) < 4.78 is 4.90. The van der Waals surface area contributed by atoms with E-state index in [0.29, 0.717) is 26.2 Å². The number of nitrogens with zero attached hydrogens (tertiary/aromatic N) is 1. The van der Waals surface area contributed by atoms with Crippen LogP contribution in [-0.2, 0) is 9.53 Å². The fourth-order valence-corrected chi connectivity index (χ4v) is 1.48. The number of amides is 1. The SMILES string of the molecule is COCCCNC(=O)CN(CC(C)O)C(C)C. The number of hydrogen-bond donors (Lipinski definition) is 2. The lowest BCUT2D eigenvalue weighted by atomic mass is 10.2. The average molecular weight is 246 g/mol. The van der Waals surface area contributed by atoms with Gasteiger partial charge in [-0.2, -0.15) is 0 Å². The second kappa shape index (κ2) is 9.39. The molecule has 1 atom stereocenters. The number of carbonyl (C=O) groups is 1. The summed E-state index contributed by atoms with van der Waals surface area (Å²) in [6.45, 7) is 7.89. The Hall–Kier alpha value is -0.650. The molecule has 5 heteroatoms. The van der Waals surface area contributed by atoms with Gasteiger partial charge in [-0.3, -0.25) is 9.69 Å². The van der Waals surface area contributed by atoms with Crippen molar-refractivity contribution in [1.82, 2.24) is 10.2 Å². The van der Waals surface area contributed by atoms with E-state index in [4.69, 9.17) is 4.74 Å². The van der Waals surface area contributed by atoms with Crippen LogP contribution in [0.15, 0.2) is 0 Å². The van der Waals surface area contributed by atoms with Crippen LogP contribution in [-0.4, -0.2) is 61.4 Å². The third-order valence-electron chi connectivity index (χ3n) is 2.42. The van der Waals surface area contributed by atoms with Crippen LogP contribution >= 0.6 is 0 Å². The molecule has 0 aliphatic heterocycles. The number of carbonyl (C=O) groups excluding carboxylic acids is 1. The Labute approximate surface area is 104 Å². The van der Waals surface area contributed by atoms with Crippen molar-refractivity contribution in [3.05, 3.63) is 0 Å². The quantitative estimate of drug-likeness (QED) is 0.572. The molecule has 0 aromatic carbocycles. The number of nitrogens with one attached hydrogen (secondary N) is 1. The van der Waals surface area contributed by atoms with Gasteiger partial charge in [0.05, 0.1) is 12.6 Å². The van der Waals surface area contributed by atoms with E-state index in [1.165, 1.54) is 0 Å². The Morgan fingerprint density at radius 2 is 2.06 bits per heavy atom. The molecule has 0 spiro atoms. The lowest BCUT2D eigenvalue weighted by molar-refractivity contribution is -0.123. The molecule has 0 rings (SSSR count). The second-order valence-electron chi connectivity index (χ2n) is 4.57. The largest absolute Gasteiger partial charge is 0.392 e. The van der Waals surface area contributed by atoms with Crippen LogP contribution in [0.4, 0.5) is 0 Å². The Bertz CT molecular complexity index is 208. The summed E-state index contributed by atoms with van der Waals surface area (Å²) in [4.78, 5) is 13.6. The summed E-state index contributed by atoms with van der Waals surface area (Å²) in [7, 11) is 1.64. The Balaban J connectivity index is 3.87. The minimum Gasteiger partial charge on any atom is -0.392 e. The number of aliphatic hydroxyl groups excluding tert-OH is 1. The van der Waals surface area contributed by atoms with E-state index < -0.39 is 6.10 Å². The van der Waals surface area contributed by atoms with Gasteiger partial charge in [0.15, 0.2) is 0 Å². The van der Waals surface area contributed by atoms with Crippen LogP contribution < -0.4 is 5.32 Å². The minimum absolute atomic E-state index is 0.00421. The van der Waals surface area contributed by atoms with Gasteiger partial charge in [-0.15, -0.1) is 0 Å². The monoisotopic (exact) mass is 246 g/mol. The summed E-state index contributed by atoms with van der Waals surface area (Å²) >= 11 is 0. The van der Waals surface area contributed by atoms with Crippen molar-refractivity contribution in [3.63, 3.8) is 0 Å². The zero-order valence-corrected chi connectivity index (χ0v) is 11.4. The fraction of sp³-hybridized carbons (Fsp3) is 0.917. The van der Waals surface area contributed by atoms with Gasteiger partial charge in [0, 0.05) is 32.8 Å². The Morgan fingerprint density at radius 1 is 1.41 bits per heavy atom. The normalized spacial score (nSPS) is 13.1. The van der Waals surface area contributed by atoms with E-state index in [2.05, 4.69) is 5.32 Å². The molecule has 0 bridgehead atoms. The molecule has 0 saturated carbocycles. The van der Waals surface area contributed by atoms with Gasteiger partial charge in [-0.05, 0) is 27.2 Å². The maximum absolute atomic E-state index is 11.6. The number of rotatable bonds is 9. The van der Waals surface area contributed by atoms with E-state index in [-0.39, 0.29) is 11.9 Å². The highest BCUT2D eigenvalue weighted by atomic mass is 16.5. The van der Waals surface area contributed by atoms with Crippen molar-refractivity contribution in [3.8, 4) is 0 Å². The van der Waals surface area contributed by atoms with Crippen molar-refractivity contribution < 1.29 is 14.6 Å². The van der Waals surface area contributed by atoms with Crippen molar-refractivity contribution in [2.75, 3.05) is 33.4 Å². The summed E-state index contributed by atoms with van der Waals surface area (Å²) in [5.74, 6) is -0.00421. The standard InChI is InChI=1S/C12H26N2O3/c1-10(2)14(8-11(3)15)9-12(16)13-6-5-7-17-4/h10-11,15H,5-9H2,1-4H3,(H,13,16). The first-order chi connectivity index (χ1) is 7.97. The van der Waals surface area contributed by atoms with E-state index in [9.17, 15) is 9.90 Å². The Morgan fingerprint density at radius 3 is 2.53 bits per heavy atom. The molecule has 0 aromatic rings. The molecule has 0 aliphatic carbocycles. The van der Waals surface area contributed by atoms with Gasteiger partial charge in [-0.25, -0.2) is 0 Å². The third-order valence-corrected chi connectivity index (χ3v) is 2.42. The predicted molar refractivity (Wildman–Crippen MR) is 67.9 cm³/mol. The average Bonchev–Trinajstić information content (AvgIpc) is 2.22. The molecule has 0 heterocycles. The molecular weight excluding hydrogens is 220 g/mol. The molecule has 1 unspecified atom stereocenters. The van der Waals surface area contributed by atoms with E-state index >= 15 is 0 Å². The van der Waals surface area contributed by atoms with E-state index in [1.807, 2.05) is 18.7 Å². The zero-order valence-electron chi connectivity index (χ0n) is 11.4. The fourth-order valence-electron chi connectivity index (χ4n) is 1.48. The molecule has 0 fully saturated rings. The van der Waals surface area contributed by atoms with E-state index in [0.717, 1.165) is 6.42 Å². The summed E-state index contributed by atoms with van der Waals surface area (Å²) in [5.41, 5.74) is 0. The van der Waals surface area contributed by atoms with Crippen molar-refractivity contribution in [2.45, 2.75) is 39.3 Å². The molecule has 1 amide bonds. The highest BCUT2D eigenvalue weighted by molar-refractivity contribution is 5.78. The van der Waals surface area contributed by atoms with Gasteiger partial charge in [0.2, 0.25) is 5.91 Å². The number of hydrogen-bond acceptors (Lipinski definition) is 4. The third kappa shape index (κ3) is 9.09. The van der Waals surface area contributed by atoms with Crippen LogP contribution in [0.1, 0.15) is 27.2 Å². The minimum atomic E-state index is -0.418. The van der Waals surface area contributed by atoms with Gasteiger partial charge < -0.3 is 15.2 Å². The lowest BCUT2D eigenvalue weighted by Crippen LogP contribution is -2.44. The first-order valence-electron chi connectivity index (χ1n) is 6.15. The predicted octanol–water partition coefficient (Wildman–Crippen LogP) is 0.230. The lowest BCUT2D eigenvalue weighted by Gasteiger charge is -2.26. The molecular formula is C12H26N2O3. The molecule has 17 heavy (non-hydrogen) atoms. The summed E-state index contributed by atoms with van der Waals surface area (Å²) in [5, 5.41) is 12.2. The molecule has 0 radical (unpaired) electrons. The van der Waals surface area contributed by atoms with Crippen molar-refractivity contribution in [1.29, 1.82) is 0 Å². The molecule has 2 N–H and O–H groups in total. The summed E-state index contributed by atoms with van der Waals surface area (Å²) in [6, 6.07) is 0.245. The van der Waals surface area contributed by atoms with Crippen LogP contribution in [0.5, 0.6) is 0 Å². The Kier molecular flexibility index (Phi) is 9.03. The first-order valence-corrected chi connectivity index (χ1v) is 6.15. The number of ether oxygens (including phenoxy) is 1. The maximum Gasteiger partial charge on any atom is 0.234 e. The molecule has 0 aliphatic rings. The first kappa shape index (κ1) is 16.4. The van der Waals surface area contributed by atoms with Crippen LogP contribution in [0.2, 0.25) is 0 Å². The van der Waals surface area contributed by atoms with Crippen LogP contribution in [0, 0.1) is 0 Å². The molecule has 0 aromatic heterocycles. The van der Waals surface area contributed by atoms with Crippen LogP contribution in [0.25, 0.3) is 0 Å². The number of methoxy groups -OCH3 is 1. The van der Waals surface area contributed by atoms with Gasteiger partial charge >= 0.3 is 0 Å². The highest BCUT2D eigenvalue weighted by Crippen LogP contribution is 1.99. The zero-order chi connectivity index (χ0) is 13.3. The second-order valence-corrected chi connectivity index (χ2v) is 4.57. The van der Waals surface area contributed by atoms with E-state index in [1.54, 1.807) is 14.0 Å².